The Morgan fingerprint density at radius 3 is 2.53 bits per heavy atom. The molecular formula is C9H9ClO4S. The molecule has 0 spiro atoms. The van der Waals surface area contributed by atoms with Crippen molar-refractivity contribution in [3.63, 3.8) is 0 Å². The van der Waals surface area contributed by atoms with Crippen molar-refractivity contribution in [2.24, 2.45) is 0 Å². The second-order valence-electron chi connectivity index (χ2n) is 3.09. The largest absolute Gasteiger partial charge is 0.481 e. The third-order valence-electron chi connectivity index (χ3n) is 1.77. The summed E-state index contributed by atoms with van der Waals surface area (Å²) in [7, 11) is -3.45. The molecule has 0 bridgehead atoms. The van der Waals surface area contributed by atoms with E-state index in [0.717, 1.165) is 6.26 Å². The molecule has 1 N–H and O–H groups in total. The van der Waals surface area contributed by atoms with Crippen LogP contribution < -0.4 is 0 Å². The monoisotopic (exact) mass is 248 g/mol. The number of halogens is 1. The summed E-state index contributed by atoms with van der Waals surface area (Å²) in [6, 6.07) is 4.14. The van der Waals surface area contributed by atoms with Crippen molar-refractivity contribution in [3.05, 3.63) is 28.8 Å². The zero-order valence-corrected chi connectivity index (χ0v) is 9.47. The minimum Gasteiger partial charge on any atom is -0.481 e. The van der Waals surface area contributed by atoms with Gasteiger partial charge in [0.15, 0.2) is 9.84 Å². The topological polar surface area (TPSA) is 71.4 Å². The fourth-order valence-corrected chi connectivity index (χ4v) is 2.38. The van der Waals surface area contributed by atoms with E-state index in [2.05, 4.69) is 0 Å². The summed E-state index contributed by atoms with van der Waals surface area (Å²) in [4.78, 5) is 10.5. The van der Waals surface area contributed by atoms with Gasteiger partial charge >= 0.3 is 5.97 Å². The second-order valence-corrected chi connectivity index (χ2v) is 5.52. The van der Waals surface area contributed by atoms with E-state index < -0.39 is 15.8 Å². The lowest BCUT2D eigenvalue weighted by molar-refractivity contribution is -0.136. The molecule has 0 saturated heterocycles. The maximum Gasteiger partial charge on any atom is 0.307 e. The standard InChI is InChI=1S/C9H9ClO4S/c1-15(13,14)8-5-7(10)3-2-6(8)4-9(11)12/h2-3,5H,4H2,1H3,(H,11,12). The molecule has 0 atom stereocenters. The van der Waals surface area contributed by atoms with E-state index in [1.165, 1.54) is 18.2 Å². The predicted molar refractivity (Wildman–Crippen MR) is 55.9 cm³/mol. The highest BCUT2D eigenvalue weighted by molar-refractivity contribution is 7.90. The first kappa shape index (κ1) is 12.0. The number of hydrogen-bond acceptors (Lipinski definition) is 3. The van der Waals surface area contributed by atoms with Gasteiger partial charge < -0.3 is 5.11 Å². The molecular weight excluding hydrogens is 240 g/mol. The van der Waals surface area contributed by atoms with E-state index in [0.29, 0.717) is 0 Å². The van der Waals surface area contributed by atoms with Gasteiger partial charge in [0, 0.05) is 11.3 Å². The summed E-state index contributed by atoms with van der Waals surface area (Å²) >= 11 is 5.65. The summed E-state index contributed by atoms with van der Waals surface area (Å²) in [5, 5.41) is 8.87. The molecule has 6 heteroatoms. The van der Waals surface area contributed by atoms with Gasteiger partial charge in [-0.3, -0.25) is 4.79 Å². The number of carboxylic acids is 1. The molecule has 0 fully saturated rings. The summed E-state index contributed by atoms with van der Waals surface area (Å²) in [6.45, 7) is 0. The van der Waals surface area contributed by atoms with Crippen LogP contribution in [-0.2, 0) is 21.1 Å². The van der Waals surface area contributed by atoms with Crippen molar-refractivity contribution in [1.29, 1.82) is 0 Å². The third-order valence-corrected chi connectivity index (χ3v) is 3.18. The van der Waals surface area contributed by atoms with Crippen molar-refractivity contribution in [2.75, 3.05) is 6.26 Å². The first-order valence-electron chi connectivity index (χ1n) is 4.01. The molecule has 0 radical (unpaired) electrons. The number of aliphatic carboxylic acids is 1. The van der Waals surface area contributed by atoms with Gasteiger partial charge in [-0.25, -0.2) is 8.42 Å². The minimum atomic E-state index is -3.45. The van der Waals surface area contributed by atoms with E-state index in [1.807, 2.05) is 0 Å². The molecule has 0 unspecified atom stereocenters. The van der Waals surface area contributed by atoms with Crippen molar-refractivity contribution < 1.29 is 18.3 Å². The Morgan fingerprint density at radius 1 is 1.47 bits per heavy atom. The molecule has 0 amide bonds. The van der Waals surface area contributed by atoms with Gasteiger partial charge in [-0.05, 0) is 17.7 Å². The lowest BCUT2D eigenvalue weighted by Crippen LogP contribution is -2.07. The molecule has 0 aliphatic rings. The smallest absolute Gasteiger partial charge is 0.307 e. The van der Waals surface area contributed by atoms with Crippen LogP contribution >= 0.6 is 11.6 Å². The molecule has 1 aromatic carbocycles. The number of hydrogen-bond donors (Lipinski definition) is 1. The Bertz CT molecular complexity index is 493. The Morgan fingerprint density at radius 2 is 2.07 bits per heavy atom. The van der Waals surface area contributed by atoms with Crippen LogP contribution in [0.25, 0.3) is 0 Å². The second kappa shape index (κ2) is 4.20. The highest BCUT2D eigenvalue weighted by Gasteiger charge is 2.15. The summed E-state index contributed by atoms with van der Waals surface area (Å²) in [6.07, 6.45) is 0.684. The fraction of sp³-hybridized carbons (Fsp3) is 0.222. The molecule has 0 saturated carbocycles. The minimum absolute atomic E-state index is 0.0302. The quantitative estimate of drug-likeness (QED) is 0.877. The molecule has 15 heavy (non-hydrogen) atoms. The number of rotatable bonds is 3. The molecule has 0 aliphatic heterocycles. The molecule has 1 rings (SSSR count). The van der Waals surface area contributed by atoms with Crippen LogP contribution in [0.2, 0.25) is 5.02 Å². The Labute approximate surface area is 92.4 Å². The van der Waals surface area contributed by atoms with Gasteiger partial charge in [0.2, 0.25) is 0 Å². The van der Waals surface area contributed by atoms with Gasteiger partial charge in [0.25, 0.3) is 0 Å². The van der Waals surface area contributed by atoms with E-state index in [1.54, 1.807) is 0 Å². The third kappa shape index (κ3) is 3.21. The summed E-state index contributed by atoms with van der Waals surface area (Å²) in [5.74, 6) is -1.08. The molecule has 0 aromatic heterocycles. The molecule has 0 heterocycles. The van der Waals surface area contributed by atoms with Gasteiger partial charge in [0.1, 0.15) is 0 Å². The maximum atomic E-state index is 11.3. The van der Waals surface area contributed by atoms with Crippen LogP contribution in [0.3, 0.4) is 0 Å². The number of sulfone groups is 1. The van der Waals surface area contributed by atoms with Crippen LogP contribution in [0.15, 0.2) is 23.1 Å². The van der Waals surface area contributed by atoms with E-state index in [-0.39, 0.29) is 21.9 Å². The van der Waals surface area contributed by atoms with Crippen LogP contribution in [0.5, 0.6) is 0 Å². The Hall–Kier alpha value is -1.07. The number of carbonyl (C=O) groups is 1. The van der Waals surface area contributed by atoms with Crippen molar-refractivity contribution in [1.82, 2.24) is 0 Å². The van der Waals surface area contributed by atoms with Crippen molar-refractivity contribution in [2.45, 2.75) is 11.3 Å². The average Bonchev–Trinajstić information content (AvgIpc) is 2.05. The van der Waals surface area contributed by atoms with Crippen molar-refractivity contribution in [3.8, 4) is 0 Å². The first-order valence-corrected chi connectivity index (χ1v) is 6.28. The van der Waals surface area contributed by atoms with E-state index >= 15 is 0 Å². The molecule has 1 aromatic rings. The molecule has 0 aliphatic carbocycles. The van der Waals surface area contributed by atoms with Crippen LogP contribution in [0.1, 0.15) is 5.56 Å². The number of benzene rings is 1. The van der Waals surface area contributed by atoms with Gasteiger partial charge in [0.05, 0.1) is 11.3 Å². The fourth-order valence-electron chi connectivity index (χ4n) is 1.18. The van der Waals surface area contributed by atoms with Crippen molar-refractivity contribution >= 4 is 27.4 Å². The molecule has 82 valence electrons. The Kier molecular flexibility index (Phi) is 3.36. The lowest BCUT2D eigenvalue weighted by Gasteiger charge is -2.05. The highest BCUT2D eigenvalue weighted by atomic mass is 35.5. The maximum absolute atomic E-state index is 11.3. The summed E-state index contributed by atoms with van der Waals surface area (Å²) in [5.41, 5.74) is 0.245. The van der Waals surface area contributed by atoms with E-state index in [4.69, 9.17) is 16.7 Å². The normalized spacial score (nSPS) is 11.3. The number of carboxylic acid groups (broad SMARTS) is 1. The highest BCUT2D eigenvalue weighted by Crippen LogP contribution is 2.21. The van der Waals surface area contributed by atoms with Gasteiger partial charge in [-0.2, -0.15) is 0 Å². The first-order chi connectivity index (χ1) is 6.80. The predicted octanol–water partition coefficient (Wildman–Crippen LogP) is 1.37. The SMILES string of the molecule is CS(=O)(=O)c1cc(Cl)ccc1CC(=O)O. The summed E-state index contributed by atoms with van der Waals surface area (Å²) < 4.78 is 22.7. The van der Waals surface area contributed by atoms with Crippen LogP contribution in [-0.4, -0.2) is 25.7 Å². The van der Waals surface area contributed by atoms with E-state index in [9.17, 15) is 13.2 Å². The Balaban J connectivity index is 3.33. The average molecular weight is 249 g/mol. The van der Waals surface area contributed by atoms with Crippen LogP contribution in [0, 0.1) is 0 Å². The zero-order valence-electron chi connectivity index (χ0n) is 7.90. The lowest BCUT2D eigenvalue weighted by atomic mass is 10.1. The van der Waals surface area contributed by atoms with Gasteiger partial charge in [-0.1, -0.05) is 17.7 Å². The van der Waals surface area contributed by atoms with Gasteiger partial charge in [-0.15, -0.1) is 0 Å². The zero-order chi connectivity index (χ0) is 11.6. The molecule has 4 nitrogen and oxygen atoms in total. The van der Waals surface area contributed by atoms with Crippen LogP contribution in [0.4, 0.5) is 0 Å².